The van der Waals surface area contributed by atoms with E-state index < -0.39 is 10.0 Å². The highest BCUT2D eigenvalue weighted by Gasteiger charge is 2.12. The minimum Gasteiger partial charge on any atom is -0.384 e. The molecule has 0 aromatic heterocycles. The summed E-state index contributed by atoms with van der Waals surface area (Å²) in [7, 11) is -3.68. The van der Waals surface area contributed by atoms with Crippen molar-refractivity contribution in [1.29, 1.82) is 0 Å². The Morgan fingerprint density at radius 2 is 2.00 bits per heavy atom. The van der Waals surface area contributed by atoms with Gasteiger partial charge in [0.05, 0.1) is 5.69 Å². The van der Waals surface area contributed by atoms with Gasteiger partial charge in [-0.2, -0.15) is 0 Å². The van der Waals surface area contributed by atoms with Crippen molar-refractivity contribution in [3.05, 3.63) is 24.3 Å². The van der Waals surface area contributed by atoms with Crippen LogP contribution in [0.4, 0.5) is 5.69 Å². The average molecular weight is 252 g/mol. The number of terminal acetylenes is 1. The number of hydrogen-bond donors (Lipinski definition) is 2. The van der Waals surface area contributed by atoms with Crippen molar-refractivity contribution in [2.24, 2.45) is 5.14 Å². The van der Waals surface area contributed by atoms with Crippen LogP contribution < -0.4 is 10.5 Å². The molecule has 0 heterocycles. The van der Waals surface area contributed by atoms with E-state index in [0.29, 0.717) is 12.2 Å². The number of anilines is 1. The van der Waals surface area contributed by atoms with E-state index >= 15 is 0 Å². The lowest BCUT2D eigenvalue weighted by Crippen LogP contribution is -2.15. The first kappa shape index (κ1) is 13.6. The predicted octanol–water partition coefficient (Wildman–Crippen LogP) is 1.55. The lowest BCUT2D eigenvalue weighted by molar-refractivity contribution is 0.598. The van der Waals surface area contributed by atoms with Crippen molar-refractivity contribution in [2.45, 2.75) is 24.2 Å². The van der Waals surface area contributed by atoms with Gasteiger partial charge in [0.2, 0.25) is 10.0 Å². The first-order valence-electron chi connectivity index (χ1n) is 5.35. The minimum atomic E-state index is -3.68. The van der Waals surface area contributed by atoms with Gasteiger partial charge >= 0.3 is 0 Å². The van der Waals surface area contributed by atoms with Crippen LogP contribution in [0.15, 0.2) is 29.2 Å². The van der Waals surface area contributed by atoms with E-state index in [9.17, 15) is 8.42 Å². The van der Waals surface area contributed by atoms with E-state index in [0.717, 1.165) is 19.3 Å². The maximum Gasteiger partial charge on any atom is 0.240 e. The summed E-state index contributed by atoms with van der Waals surface area (Å²) < 4.78 is 22.6. The van der Waals surface area contributed by atoms with Gasteiger partial charge in [-0.05, 0) is 25.0 Å². The number of para-hydroxylation sites is 1. The van der Waals surface area contributed by atoms with Gasteiger partial charge in [-0.1, -0.05) is 12.1 Å². The Balaban J connectivity index is 2.63. The van der Waals surface area contributed by atoms with Crippen LogP contribution >= 0.6 is 0 Å². The van der Waals surface area contributed by atoms with E-state index in [1.807, 2.05) is 0 Å². The molecule has 1 rings (SSSR count). The molecule has 0 atom stereocenters. The lowest BCUT2D eigenvalue weighted by Gasteiger charge is -2.09. The molecule has 3 N–H and O–H groups in total. The number of unbranched alkanes of at least 4 members (excludes halogenated alkanes) is 2. The van der Waals surface area contributed by atoms with Crippen LogP contribution in [0, 0.1) is 12.3 Å². The highest BCUT2D eigenvalue weighted by molar-refractivity contribution is 7.89. The molecule has 4 nitrogen and oxygen atoms in total. The minimum absolute atomic E-state index is 0.122. The van der Waals surface area contributed by atoms with Gasteiger partial charge in [0, 0.05) is 13.0 Å². The van der Waals surface area contributed by atoms with E-state index in [-0.39, 0.29) is 4.90 Å². The van der Waals surface area contributed by atoms with Crippen molar-refractivity contribution in [1.82, 2.24) is 0 Å². The Hall–Kier alpha value is -1.51. The SMILES string of the molecule is C#CCCCCNc1ccccc1S(N)(=O)=O. The molecule has 1 aromatic rings. The van der Waals surface area contributed by atoms with Gasteiger partial charge in [0.1, 0.15) is 4.90 Å². The molecule has 0 radical (unpaired) electrons. The molecule has 0 spiro atoms. The fourth-order valence-corrected chi connectivity index (χ4v) is 2.15. The van der Waals surface area contributed by atoms with Gasteiger partial charge in [0.25, 0.3) is 0 Å². The van der Waals surface area contributed by atoms with Crippen molar-refractivity contribution in [2.75, 3.05) is 11.9 Å². The maximum absolute atomic E-state index is 11.3. The summed E-state index contributed by atoms with van der Waals surface area (Å²) in [5, 5.41) is 8.17. The predicted molar refractivity (Wildman–Crippen MR) is 69.0 cm³/mol. The highest BCUT2D eigenvalue weighted by atomic mass is 32.2. The van der Waals surface area contributed by atoms with Crippen LogP contribution in [0.3, 0.4) is 0 Å². The van der Waals surface area contributed by atoms with Gasteiger partial charge < -0.3 is 5.32 Å². The molecule has 1 aromatic carbocycles. The van der Waals surface area contributed by atoms with E-state index in [1.165, 1.54) is 6.07 Å². The maximum atomic E-state index is 11.3. The summed E-state index contributed by atoms with van der Waals surface area (Å²) in [6.07, 6.45) is 7.68. The zero-order valence-electron chi connectivity index (χ0n) is 9.52. The molecular weight excluding hydrogens is 236 g/mol. The topological polar surface area (TPSA) is 72.2 Å². The third kappa shape index (κ3) is 4.47. The smallest absolute Gasteiger partial charge is 0.240 e. The molecule has 0 fully saturated rings. The number of hydrogen-bond acceptors (Lipinski definition) is 3. The molecule has 0 aliphatic carbocycles. The van der Waals surface area contributed by atoms with Crippen molar-refractivity contribution >= 4 is 15.7 Å². The zero-order chi connectivity index (χ0) is 12.7. The fourth-order valence-electron chi connectivity index (χ4n) is 1.44. The van der Waals surface area contributed by atoms with Gasteiger partial charge in [-0.25, -0.2) is 13.6 Å². The van der Waals surface area contributed by atoms with Gasteiger partial charge in [-0.3, -0.25) is 0 Å². The van der Waals surface area contributed by atoms with E-state index in [4.69, 9.17) is 11.6 Å². The van der Waals surface area contributed by atoms with Crippen LogP contribution in [0.5, 0.6) is 0 Å². The largest absolute Gasteiger partial charge is 0.384 e. The molecule has 17 heavy (non-hydrogen) atoms. The Labute approximate surface area is 102 Å². The Kier molecular flexibility index (Phi) is 5.01. The molecular formula is C12H16N2O2S. The van der Waals surface area contributed by atoms with Crippen LogP contribution in [-0.2, 0) is 10.0 Å². The molecule has 5 heteroatoms. The number of nitrogens with one attached hydrogen (secondary N) is 1. The monoisotopic (exact) mass is 252 g/mol. The second kappa shape index (κ2) is 6.28. The summed E-state index contributed by atoms with van der Waals surface area (Å²) in [6, 6.07) is 6.59. The summed E-state index contributed by atoms with van der Waals surface area (Å²) in [5.41, 5.74) is 0.538. The number of primary sulfonamides is 1. The lowest BCUT2D eigenvalue weighted by atomic mass is 10.2. The second-order valence-electron chi connectivity index (χ2n) is 3.63. The summed E-state index contributed by atoms with van der Waals surface area (Å²) in [6.45, 7) is 0.675. The van der Waals surface area contributed by atoms with Crippen LogP contribution in [-0.4, -0.2) is 15.0 Å². The highest BCUT2D eigenvalue weighted by Crippen LogP contribution is 2.19. The third-order valence-electron chi connectivity index (χ3n) is 2.26. The molecule has 0 saturated heterocycles. The number of rotatable bonds is 6. The van der Waals surface area contributed by atoms with Gasteiger partial charge in [-0.15, -0.1) is 12.3 Å². The summed E-state index contributed by atoms with van der Waals surface area (Å²) in [4.78, 5) is 0.122. The number of nitrogens with two attached hydrogens (primary N) is 1. The molecule has 92 valence electrons. The van der Waals surface area contributed by atoms with Crippen LogP contribution in [0.1, 0.15) is 19.3 Å². The molecule has 0 amide bonds. The average Bonchev–Trinajstić information content (AvgIpc) is 2.28. The summed E-state index contributed by atoms with van der Waals surface area (Å²) in [5.74, 6) is 2.56. The molecule has 0 aliphatic heterocycles. The molecule has 0 bridgehead atoms. The second-order valence-corrected chi connectivity index (χ2v) is 5.16. The molecule has 0 saturated carbocycles. The van der Waals surface area contributed by atoms with Crippen molar-refractivity contribution < 1.29 is 8.42 Å². The quantitative estimate of drug-likeness (QED) is 0.596. The molecule has 0 aliphatic rings. The van der Waals surface area contributed by atoms with E-state index in [1.54, 1.807) is 18.2 Å². The van der Waals surface area contributed by atoms with E-state index in [2.05, 4.69) is 11.2 Å². The fraction of sp³-hybridized carbons (Fsp3) is 0.333. The number of sulfonamides is 1. The van der Waals surface area contributed by atoms with Gasteiger partial charge in [0.15, 0.2) is 0 Å². The normalized spacial score (nSPS) is 10.8. The van der Waals surface area contributed by atoms with Crippen molar-refractivity contribution in [3.63, 3.8) is 0 Å². The third-order valence-corrected chi connectivity index (χ3v) is 3.23. The first-order chi connectivity index (χ1) is 8.05. The summed E-state index contributed by atoms with van der Waals surface area (Å²) >= 11 is 0. The van der Waals surface area contributed by atoms with Crippen molar-refractivity contribution in [3.8, 4) is 12.3 Å². The molecule has 0 unspecified atom stereocenters. The Bertz CT molecular complexity index is 503. The Morgan fingerprint density at radius 1 is 1.29 bits per heavy atom. The Morgan fingerprint density at radius 3 is 2.65 bits per heavy atom. The standard InChI is InChI=1S/C12H16N2O2S/c1-2-3-4-7-10-14-11-8-5-6-9-12(11)17(13,15)16/h1,5-6,8-9,14H,3-4,7,10H2,(H2,13,15,16). The van der Waals surface area contributed by atoms with Crippen LogP contribution in [0.2, 0.25) is 0 Å². The number of benzene rings is 1. The van der Waals surface area contributed by atoms with Crippen LogP contribution in [0.25, 0.3) is 0 Å². The first-order valence-corrected chi connectivity index (χ1v) is 6.89. The zero-order valence-corrected chi connectivity index (χ0v) is 10.3.